The standard InChI is InChI=1S/C16H25N3OS/c1-10(2)15-18-13-6-5-11(8-14(13)19-15)16(20)17-9-12-4-3-7-21-12/h10-12H,3-9H2,1-2H3,(H,17,20)(H,18,19). The van der Waals surface area contributed by atoms with E-state index in [1.165, 1.54) is 30.0 Å². The number of thioether (sulfide) groups is 1. The summed E-state index contributed by atoms with van der Waals surface area (Å²) in [5, 5.41) is 3.79. The molecule has 1 amide bonds. The van der Waals surface area contributed by atoms with Crippen molar-refractivity contribution in [1.82, 2.24) is 15.3 Å². The molecule has 2 aliphatic rings. The number of hydrogen-bond donors (Lipinski definition) is 2. The molecule has 1 saturated heterocycles. The van der Waals surface area contributed by atoms with Gasteiger partial charge in [-0.2, -0.15) is 11.8 Å². The number of carbonyl (C=O) groups excluding carboxylic acids is 1. The molecule has 1 aromatic rings. The summed E-state index contributed by atoms with van der Waals surface area (Å²) in [6.07, 6.45) is 5.22. The van der Waals surface area contributed by atoms with Gasteiger partial charge < -0.3 is 10.3 Å². The maximum absolute atomic E-state index is 12.4. The summed E-state index contributed by atoms with van der Waals surface area (Å²) in [4.78, 5) is 20.4. The number of aromatic amines is 1. The lowest BCUT2D eigenvalue weighted by Crippen LogP contribution is -2.37. The van der Waals surface area contributed by atoms with Crippen LogP contribution in [0.1, 0.15) is 56.2 Å². The molecule has 0 bridgehead atoms. The van der Waals surface area contributed by atoms with Crippen LogP contribution >= 0.6 is 11.8 Å². The van der Waals surface area contributed by atoms with Gasteiger partial charge >= 0.3 is 0 Å². The molecule has 1 aliphatic carbocycles. The molecule has 5 heteroatoms. The Balaban J connectivity index is 1.56. The van der Waals surface area contributed by atoms with Gasteiger partial charge in [-0.1, -0.05) is 13.8 Å². The molecule has 1 fully saturated rings. The molecule has 21 heavy (non-hydrogen) atoms. The summed E-state index contributed by atoms with van der Waals surface area (Å²) in [5.74, 6) is 3.07. The second kappa shape index (κ2) is 6.42. The molecule has 2 unspecified atom stereocenters. The summed E-state index contributed by atoms with van der Waals surface area (Å²) in [5.41, 5.74) is 2.36. The number of carbonyl (C=O) groups is 1. The summed E-state index contributed by atoms with van der Waals surface area (Å²) in [7, 11) is 0. The Kier molecular flexibility index (Phi) is 4.57. The quantitative estimate of drug-likeness (QED) is 0.899. The Hall–Kier alpha value is -0.970. The highest BCUT2D eigenvalue weighted by molar-refractivity contribution is 8.00. The van der Waals surface area contributed by atoms with E-state index in [0.717, 1.165) is 31.6 Å². The zero-order valence-corrected chi connectivity index (χ0v) is 13.8. The van der Waals surface area contributed by atoms with Crippen molar-refractivity contribution >= 4 is 17.7 Å². The third kappa shape index (κ3) is 3.44. The van der Waals surface area contributed by atoms with E-state index in [0.29, 0.717) is 11.2 Å². The number of nitrogens with zero attached hydrogens (tertiary/aromatic N) is 1. The van der Waals surface area contributed by atoms with Gasteiger partial charge in [0.25, 0.3) is 0 Å². The maximum Gasteiger partial charge on any atom is 0.223 e. The van der Waals surface area contributed by atoms with Crippen LogP contribution in [-0.2, 0) is 17.6 Å². The van der Waals surface area contributed by atoms with E-state index >= 15 is 0 Å². The number of aryl methyl sites for hydroxylation is 1. The Bertz CT molecular complexity index is 506. The molecule has 0 radical (unpaired) electrons. The zero-order valence-electron chi connectivity index (χ0n) is 12.9. The average Bonchev–Trinajstić information content (AvgIpc) is 3.12. The van der Waals surface area contributed by atoms with E-state index in [-0.39, 0.29) is 11.8 Å². The molecule has 2 heterocycles. The number of aromatic nitrogens is 2. The summed E-state index contributed by atoms with van der Waals surface area (Å²) in [6.45, 7) is 5.13. The third-order valence-corrected chi connectivity index (χ3v) is 5.91. The minimum absolute atomic E-state index is 0.115. The van der Waals surface area contributed by atoms with Crippen molar-refractivity contribution in [3.63, 3.8) is 0 Å². The molecule has 2 N–H and O–H groups in total. The summed E-state index contributed by atoms with van der Waals surface area (Å²) in [6, 6.07) is 0. The normalized spacial score (nSPS) is 25.1. The lowest BCUT2D eigenvalue weighted by atomic mass is 9.89. The fourth-order valence-electron chi connectivity index (χ4n) is 3.16. The number of H-pyrrole nitrogens is 1. The van der Waals surface area contributed by atoms with Crippen molar-refractivity contribution in [2.24, 2.45) is 5.92 Å². The van der Waals surface area contributed by atoms with Gasteiger partial charge in [-0.3, -0.25) is 4.79 Å². The van der Waals surface area contributed by atoms with Crippen molar-refractivity contribution in [3.05, 3.63) is 17.2 Å². The Morgan fingerprint density at radius 3 is 3.05 bits per heavy atom. The first-order valence-electron chi connectivity index (χ1n) is 8.10. The van der Waals surface area contributed by atoms with E-state index in [1.54, 1.807) is 0 Å². The van der Waals surface area contributed by atoms with Crippen LogP contribution in [0.3, 0.4) is 0 Å². The molecule has 4 nitrogen and oxygen atoms in total. The topological polar surface area (TPSA) is 57.8 Å². The van der Waals surface area contributed by atoms with E-state index < -0.39 is 0 Å². The van der Waals surface area contributed by atoms with Crippen LogP contribution in [0.2, 0.25) is 0 Å². The highest BCUT2D eigenvalue weighted by Gasteiger charge is 2.28. The van der Waals surface area contributed by atoms with Gasteiger partial charge in [0.05, 0.1) is 5.69 Å². The monoisotopic (exact) mass is 307 g/mol. The first kappa shape index (κ1) is 14.9. The molecule has 1 aliphatic heterocycles. The van der Waals surface area contributed by atoms with E-state index in [2.05, 4.69) is 29.1 Å². The molecule has 0 aromatic carbocycles. The largest absolute Gasteiger partial charge is 0.355 e. The molecule has 1 aromatic heterocycles. The van der Waals surface area contributed by atoms with Crippen molar-refractivity contribution < 1.29 is 4.79 Å². The van der Waals surface area contributed by atoms with Crippen LogP contribution in [0.4, 0.5) is 0 Å². The first-order valence-corrected chi connectivity index (χ1v) is 9.15. The Morgan fingerprint density at radius 1 is 1.48 bits per heavy atom. The highest BCUT2D eigenvalue weighted by Crippen LogP contribution is 2.27. The number of imidazole rings is 1. The molecule has 116 valence electrons. The molecular weight excluding hydrogens is 282 g/mol. The number of rotatable bonds is 4. The SMILES string of the molecule is CC(C)c1nc2c([nH]1)CC(C(=O)NCC1CCCS1)CC2. The number of fused-ring (bicyclic) bond motifs is 1. The van der Waals surface area contributed by atoms with Crippen LogP contribution in [0.5, 0.6) is 0 Å². The Morgan fingerprint density at radius 2 is 2.33 bits per heavy atom. The number of nitrogens with one attached hydrogen (secondary N) is 2. The van der Waals surface area contributed by atoms with E-state index in [1.807, 2.05) is 11.8 Å². The average molecular weight is 307 g/mol. The molecular formula is C16H25N3OS. The smallest absolute Gasteiger partial charge is 0.223 e. The molecule has 0 spiro atoms. The minimum atomic E-state index is 0.115. The fourth-order valence-corrected chi connectivity index (χ4v) is 4.37. The molecule has 3 rings (SSSR count). The van der Waals surface area contributed by atoms with Crippen molar-refractivity contribution in [2.75, 3.05) is 12.3 Å². The van der Waals surface area contributed by atoms with Gasteiger partial charge in [-0.15, -0.1) is 0 Å². The second-order valence-corrected chi connectivity index (χ2v) is 7.93. The van der Waals surface area contributed by atoms with Gasteiger partial charge in [-0.05, 0) is 31.4 Å². The fraction of sp³-hybridized carbons (Fsp3) is 0.750. The minimum Gasteiger partial charge on any atom is -0.355 e. The predicted molar refractivity (Wildman–Crippen MR) is 86.7 cm³/mol. The summed E-state index contributed by atoms with van der Waals surface area (Å²) >= 11 is 2.00. The Labute approximate surface area is 130 Å². The second-order valence-electron chi connectivity index (χ2n) is 6.52. The van der Waals surface area contributed by atoms with E-state index in [9.17, 15) is 4.79 Å². The molecule has 0 saturated carbocycles. The third-order valence-electron chi connectivity index (χ3n) is 4.51. The van der Waals surface area contributed by atoms with Crippen molar-refractivity contribution in [3.8, 4) is 0 Å². The lowest BCUT2D eigenvalue weighted by Gasteiger charge is -2.21. The van der Waals surface area contributed by atoms with Crippen LogP contribution < -0.4 is 5.32 Å². The number of amides is 1. The van der Waals surface area contributed by atoms with E-state index in [4.69, 9.17) is 0 Å². The van der Waals surface area contributed by atoms with Crippen LogP contribution in [0, 0.1) is 5.92 Å². The maximum atomic E-state index is 12.4. The van der Waals surface area contributed by atoms with Gasteiger partial charge in [0.15, 0.2) is 0 Å². The van der Waals surface area contributed by atoms with Crippen LogP contribution in [0.15, 0.2) is 0 Å². The first-order chi connectivity index (χ1) is 10.1. The summed E-state index contributed by atoms with van der Waals surface area (Å²) < 4.78 is 0. The predicted octanol–water partition coefficient (Wildman–Crippen LogP) is 2.65. The number of hydrogen-bond acceptors (Lipinski definition) is 3. The zero-order chi connectivity index (χ0) is 14.8. The van der Waals surface area contributed by atoms with Crippen molar-refractivity contribution in [1.29, 1.82) is 0 Å². The van der Waals surface area contributed by atoms with Crippen molar-refractivity contribution in [2.45, 2.75) is 57.1 Å². The highest BCUT2D eigenvalue weighted by atomic mass is 32.2. The van der Waals surface area contributed by atoms with Gasteiger partial charge in [-0.25, -0.2) is 4.98 Å². The van der Waals surface area contributed by atoms with Crippen LogP contribution in [0.25, 0.3) is 0 Å². The van der Waals surface area contributed by atoms with Gasteiger partial charge in [0.1, 0.15) is 5.82 Å². The van der Waals surface area contributed by atoms with Crippen LogP contribution in [-0.4, -0.2) is 33.4 Å². The lowest BCUT2D eigenvalue weighted by molar-refractivity contribution is -0.125. The van der Waals surface area contributed by atoms with Gasteiger partial charge in [0, 0.05) is 35.7 Å². The van der Waals surface area contributed by atoms with Gasteiger partial charge in [0.2, 0.25) is 5.91 Å². The molecule has 2 atom stereocenters.